The topological polar surface area (TPSA) is 30.2 Å². The molecule has 0 saturated carbocycles. The molecule has 0 fully saturated rings. The van der Waals surface area contributed by atoms with Gasteiger partial charge < -0.3 is 4.40 Å². The Bertz CT molecular complexity index is 2310. The van der Waals surface area contributed by atoms with E-state index in [1.807, 2.05) is 6.20 Å². The SMILES string of the molecule is Cc1cnc2c(-c3ccc4ccccc4c3)nc(-c3ccc4c(c3)C(C)(C)c3ccccc3-4)cn12.c1ccc2ccccc2c1. The summed E-state index contributed by atoms with van der Waals surface area (Å²) in [4.78, 5) is 9.92. The molecule has 3 heteroatoms. The van der Waals surface area contributed by atoms with E-state index in [0.29, 0.717) is 0 Å². The van der Waals surface area contributed by atoms with E-state index in [-0.39, 0.29) is 5.41 Å². The first kappa shape index (κ1) is 27.0. The zero-order valence-electron chi connectivity index (χ0n) is 25.7. The molecule has 0 atom stereocenters. The maximum absolute atomic E-state index is 5.20. The van der Waals surface area contributed by atoms with E-state index in [4.69, 9.17) is 9.97 Å². The number of benzene rings is 6. The van der Waals surface area contributed by atoms with Crippen LogP contribution in [-0.2, 0) is 5.41 Å². The highest BCUT2D eigenvalue weighted by Gasteiger charge is 2.35. The van der Waals surface area contributed by atoms with Crippen molar-refractivity contribution in [3.05, 3.63) is 163 Å². The Balaban J connectivity index is 0.000000255. The number of aromatic nitrogens is 3. The Morgan fingerprint density at radius 2 is 1.13 bits per heavy atom. The van der Waals surface area contributed by atoms with Crippen LogP contribution in [0, 0.1) is 6.92 Å². The molecular weight excluding hydrogens is 546 g/mol. The summed E-state index contributed by atoms with van der Waals surface area (Å²) in [5.41, 5.74) is 11.4. The van der Waals surface area contributed by atoms with Gasteiger partial charge in [0.2, 0.25) is 0 Å². The lowest BCUT2D eigenvalue weighted by atomic mass is 9.82. The van der Waals surface area contributed by atoms with Crippen molar-refractivity contribution in [3.63, 3.8) is 0 Å². The van der Waals surface area contributed by atoms with E-state index in [1.54, 1.807) is 0 Å². The van der Waals surface area contributed by atoms with Gasteiger partial charge in [-0.25, -0.2) is 9.97 Å². The second kappa shape index (κ2) is 10.6. The van der Waals surface area contributed by atoms with Crippen molar-refractivity contribution in [2.75, 3.05) is 0 Å². The standard InChI is InChI=1S/C32H25N3.C10H8/c1-20-18-33-31-30(24-13-12-21-8-4-5-9-22(21)16-24)34-29(19-35(20)31)23-14-15-26-25-10-6-7-11-27(25)32(2,3)28(26)17-23;1-2-6-10-8-4-3-7-9(10)5-1/h4-19H,1-3H3;1-8H. The summed E-state index contributed by atoms with van der Waals surface area (Å²) in [6, 6.07) is 47.3. The molecule has 6 aromatic carbocycles. The third kappa shape index (κ3) is 4.60. The van der Waals surface area contributed by atoms with E-state index in [9.17, 15) is 0 Å². The molecule has 2 aromatic heterocycles. The Morgan fingerprint density at radius 1 is 0.556 bits per heavy atom. The fourth-order valence-corrected chi connectivity index (χ4v) is 6.77. The minimum Gasteiger partial charge on any atom is -0.300 e. The Morgan fingerprint density at radius 3 is 1.84 bits per heavy atom. The highest BCUT2D eigenvalue weighted by atomic mass is 15.0. The normalized spacial score (nSPS) is 13.0. The van der Waals surface area contributed by atoms with Crippen molar-refractivity contribution in [2.24, 2.45) is 0 Å². The number of rotatable bonds is 2. The average Bonchev–Trinajstić information content (AvgIpc) is 3.58. The molecule has 0 bridgehead atoms. The highest BCUT2D eigenvalue weighted by Crippen LogP contribution is 2.49. The van der Waals surface area contributed by atoms with Crippen LogP contribution in [0.4, 0.5) is 0 Å². The maximum Gasteiger partial charge on any atom is 0.163 e. The first-order valence-electron chi connectivity index (χ1n) is 15.5. The molecule has 0 N–H and O–H groups in total. The van der Waals surface area contributed by atoms with Crippen LogP contribution >= 0.6 is 0 Å². The summed E-state index contributed by atoms with van der Waals surface area (Å²) in [5.74, 6) is 0. The van der Waals surface area contributed by atoms with E-state index < -0.39 is 0 Å². The monoisotopic (exact) mass is 579 g/mol. The van der Waals surface area contributed by atoms with Gasteiger partial charge in [-0.15, -0.1) is 0 Å². The minimum absolute atomic E-state index is 0.0435. The maximum atomic E-state index is 5.20. The van der Waals surface area contributed by atoms with Crippen molar-refractivity contribution < 1.29 is 0 Å². The third-order valence-corrected chi connectivity index (χ3v) is 9.24. The second-order valence-electron chi connectivity index (χ2n) is 12.4. The lowest BCUT2D eigenvalue weighted by molar-refractivity contribution is 0.660. The predicted molar refractivity (Wildman–Crippen MR) is 188 cm³/mol. The van der Waals surface area contributed by atoms with Crippen molar-refractivity contribution in [3.8, 4) is 33.6 Å². The van der Waals surface area contributed by atoms with Gasteiger partial charge >= 0.3 is 0 Å². The largest absolute Gasteiger partial charge is 0.300 e. The number of nitrogens with zero attached hydrogens (tertiary/aromatic N) is 3. The molecule has 9 rings (SSSR count). The molecule has 0 spiro atoms. The van der Waals surface area contributed by atoms with Crippen molar-refractivity contribution >= 4 is 27.2 Å². The van der Waals surface area contributed by atoms with Gasteiger partial charge in [-0.2, -0.15) is 0 Å². The molecule has 0 aliphatic heterocycles. The quantitative estimate of drug-likeness (QED) is 0.204. The smallest absolute Gasteiger partial charge is 0.163 e. The molecule has 1 aliphatic carbocycles. The summed E-state index contributed by atoms with van der Waals surface area (Å²) in [5, 5.41) is 5.05. The van der Waals surface area contributed by atoms with Crippen LogP contribution in [0.3, 0.4) is 0 Å². The number of hydrogen-bond acceptors (Lipinski definition) is 2. The summed E-state index contributed by atoms with van der Waals surface area (Å²) in [7, 11) is 0. The van der Waals surface area contributed by atoms with Crippen LogP contribution in [0.5, 0.6) is 0 Å². The van der Waals surface area contributed by atoms with E-state index >= 15 is 0 Å². The summed E-state index contributed by atoms with van der Waals surface area (Å²) >= 11 is 0. The van der Waals surface area contributed by atoms with Gasteiger partial charge in [-0.1, -0.05) is 135 Å². The van der Waals surface area contributed by atoms with E-state index in [1.165, 1.54) is 43.8 Å². The van der Waals surface area contributed by atoms with Crippen LogP contribution < -0.4 is 0 Å². The van der Waals surface area contributed by atoms with Crippen molar-refractivity contribution in [2.45, 2.75) is 26.2 Å². The van der Waals surface area contributed by atoms with Gasteiger partial charge in [0.25, 0.3) is 0 Å². The summed E-state index contributed by atoms with van der Waals surface area (Å²) < 4.78 is 2.17. The van der Waals surface area contributed by atoms with E-state index in [0.717, 1.165) is 33.9 Å². The van der Waals surface area contributed by atoms with Gasteiger partial charge in [0.1, 0.15) is 5.69 Å². The van der Waals surface area contributed by atoms with Crippen LogP contribution in [0.25, 0.3) is 60.8 Å². The third-order valence-electron chi connectivity index (χ3n) is 9.24. The fraction of sp³-hybridized carbons (Fsp3) is 0.0952. The molecule has 216 valence electrons. The molecule has 3 nitrogen and oxygen atoms in total. The number of imidazole rings is 1. The van der Waals surface area contributed by atoms with Crippen LogP contribution in [0.2, 0.25) is 0 Å². The van der Waals surface area contributed by atoms with Crippen LogP contribution in [0.15, 0.2) is 146 Å². The molecule has 8 aromatic rings. The number of fused-ring (bicyclic) bond motifs is 6. The molecule has 0 amide bonds. The summed E-state index contributed by atoms with van der Waals surface area (Å²) in [6.45, 7) is 6.73. The molecule has 0 saturated heterocycles. The molecule has 0 unspecified atom stereocenters. The second-order valence-corrected chi connectivity index (χ2v) is 12.4. The van der Waals surface area contributed by atoms with Gasteiger partial charge in [0, 0.05) is 34.6 Å². The van der Waals surface area contributed by atoms with Crippen LogP contribution in [-0.4, -0.2) is 14.4 Å². The summed E-state index contributed by atoms with van der Waals surface area (Å²) in [6.07, 6.45) is 4.05. The number of aryl methyl sites for hydroxylation is 1. The first-order valence-corrected chi connectivity index (χ1v) is 15.5. The lowest BCUT2D eigenvalue weighted by Crippen LogP contribution is -2.15. The fourth-order valence-electron chi connectivity index (χ4n) is 6.77. The number of hydrogen-bond donors (Lipinski definition) is 0. The molecule has 2 heterocycles. The minimum atomic E-state index is -0.0435. The zero-order chi connectivity index (χ0) is 30.5. The van der Waals surface area contributed by atoms with Gasteiger partial charge in [-0.05, 0) is 62.9 Å². The van der Waals surface area contributed by atoms with E-state index in [2.05, 4.69) is 165 Å². The lowest BCUT2D eigenvalue weighted by Gasteiger charge is -2.22. The molecule has 1 aliphatic rings. The Hall–Kier alpha value is -5.54. The van der Waals surface area contributed by atoms with Crippen molar-refractivity contribution in [1.82, 2.24) is 14.4 Å². The molecule has 45 heavy (non-hydrogen) atoms. The molecule has 0 radical (unpaired) electrons. The van der Waals surface area contributed by atoms with Crippen molar-refractivity contribution in [1.29, 1.82) is 0 Å². The predicted octanol–water partition coefficient (Wildman–Crippen LogP) is 10.7. The van der Waals surface area contributed by atoms with Gasteiger partial charge in [-0.3, -0.25) is 0 Å². The zero-order valence-corrected chi connectivity index (χ0v) is 25.7. The van der Waals surface area contributed by atoms with Gasteiger partial charge in [0.15, 0.2) is 5.65 Å². The van der Waals surface area contributed by atoms with Crippen LogP contribution in [0.1, 0.15) is 30.7 Å². The first-order chi connectivity index (χ1) is 22.0. The average molecular weight is 580 g/mol. The molecular formula is C42H33N3. The highest BCUT2D eigenvalue weighted by molar-refractivity contribution is 5.90. The Kier molecular flexibility index (Phi) is 6.35. The van der Waals surface area contributed by atoms with Gasteiger partial charge in [0.05, 0.1) is 5.69 Å². The Labute approximate surface area is 263 Å².